The molecule has 4 nitrogen and oxygen atoms in total. The largest absolute Gasteiger partial charge is 0.305 e. The highest BCUT2D eigenvalue weighted by Gasteiger charge is 2.35. The summed E-state index contributed by atoms with van der Waals surface area (Å²) in [5.41, 5.74) is 1.17. The van der Waals surface area contributed by atoms with Gasteiger partial charge in [0.25, 0.3) is 5.91 Å². The van der Waals surface area contributed by atoms with Crippen LogP contribution in [0.5, 0.6) is 0 Å². The van der Waals surface area contributed by atoms with Gasteiger partial charge >= 0.3 is 0 Å². The highest BCUT2D eigenvalue weighted by atomic mass is 35.5. The van der Waals surface area contributed by atoms with Crippen LogP contribution in [0.2, 0.25) is 10.2 Å². The highest BCUT2D eigenvalue weighted by Crippen LogP contribution is 2.34. The number of H-pyrrole nitrogens is 1. The SMILES string of the molecule is O=C(c1cn[nH]c1Cl)N(c1cccc(Cl)c1)C1CC1. The Hall–Kier alpha value is -1.52. The van der Waals surface area contributed by atoms with Crippen molar-refractivity contribution in [3.63, 3.8) is 0 Å². The van der Waals surface area contributed by atoms with Gasteiger partial charge in [0.05, 0.1) is 11.8 Å². The molecule has 0 unspecified atom stereocenters. The summed E-state index contributed by atoms with van der Waals surface area (Å²) in [6.45, 7) is 0. The summed E-state index contributed by atoms with van der Waals surface area (Å²) in [7, 11) is 0. The molecule has 1 saturated carbocycles. The summed E-state index contributed by atoms with van der Waals surface area (Å²) in [5.74, 6) is -0.150. The van der Waals surface area contributed by atoms with E-state index in [1.807, 2.05) is 12.1 Å². The van der Waals surface area contributed by atoms with Gasteiger partial charge in [-0.25, -0.2) is 0 Å². The van der Waals surface area contributed by atoms with Crippen LogP contribution in [0, 0.1) is 0 Å². The number of nitrogens with one attached hydrogen (secondary N) is 1. The zero-order valence-electron chi connectivity index (χ0n) is 9.94. The van der Waals surface area contributed by atoms with E-state index in [1.165, 1.54) is 6.20 Å². The Morgan fingerprint density at radius 1 is 1.37 bits per heavy atom. The minimum absolute atomic E-state index is 0.150. The summed E-state index contributed by atoms with van der Waals surface area (Å²) >= 11 is 11.9. The molecule has 1 amide bonds. The van der Waals surface area contributed by atoms with E-state index in [-0.39, 0.29) is 17.1 Å². The van der Waals surface area contributed by atoms with Crippen LogP contribution >= 0.6 is 23.2 Å². The highest BCUT2D eigenvalue weighted by molar-refractivity contribution is 6.33. The molecule has 0 saturated heterocycles. The second kappa shape index (κ2) is 4.87. The average Bonchev–Trinajstić information content (AvgIpc) is 3.11. The molecule has 1 heterocycles. The molecule has 0 bridgehead atoms. The fourth-order valence-corrected chi connectivity index (χ4v) is 2.36. The summed E-state index contributed by atoms with van der Waals surface area (Å²) in [4.78, 5) is 14.3. The van der Waals surface area contributed by atoms with Crippen molar-refractivity contribution in [3.05, 3.63) is 46.2 Å². The fourth-order valence-electron chi connectivity index (χ4n) is 2.00. The first-order valence-electron chi connectivity index (χ1n) is 5.95. The number of amides is 1. The Bertz CT molecular complexity index is 622. The monoisotopic (exact) mass is 295 g/mol. The first kappa shape index (κ1) is 12.5. The normalized spacial score (nSPS) is 14.4. The topological polar surface area (TPSA) is 49.0 Å². The zero-order valence-corrected chi connectivity index (χ0v) is 11.4. The molecule has 1 fully saturated rings. The minimum atomic E-state index is -0.150. The molecule has 0 radical (unpaired) electrons. The molecule has 6 heteroatoms. The third kappa shape index (κ3) is 2.46. The van der Waals surface area contributed by atoms with E-state index < -0.39 is 0 Å². The van der Waals surface area contributed by atoms with Crippen LogP contribution in [0.15, 0.2) is 30.5 Å². The molecular formula is C13H11Cl2N3O. The van der Waals surface area contributed by atoms with Gasteiger partial charge in [-0.3, -0.25) is 9.89 Å². The smallest absolute Gasteiger partial charge is 0.263 e. The van der Waals surface area contributed by atoms with Crippen molar-refractivity contribution >= 4 is 34.8 Å². The predicted molar refractivity (Wildman–Crippen MR) is 74.9 cm³/mol. The molecule has 19 heavy (non-hydrogen) atoms. The molecule has 0 aliphatic heterocycles. The van der Waals surface area contributed by atoms with E-state index in [2.05, 4.69) is 10.2 Å². The van der Waals surface area contributed by atoms with Crippen molar-refractivity contribution in [2.75, 3.05) is 4.90 Å². The molecule has 1 N–H and O–H groups in total. The maximum Gasteiger partial charge on any atom is 0.263 e. The Kier molecular flexibility index (Phi) is 3.21. The number of anilines is 1. The lowest BCUT2D eigenvalue weighted by atomic mass is 10.2. The van der Waals surface area contributed by atoms with Crippen molar-refractivity contribution in [2.45, 2.75) is 18.9 Å². The van der Waals surface area contributed by atoms with Crippen LogP contribution in [0.1, 0.15) is 23.2 Å². The predicted octanol–water partition coefficient (Wildman–Crippen LogP) is 3.53. The van der Waals surface area contributed by atoms with Gasteiger partial charge in [-0.2, -0.15) is 5.10 Å². The van der Waals surface area contributed by atoms with E-state index in [0.29, 0.717) is 10.6 Å². The number of halogens is 2. The quantitative estimate of drug-likeness (QED) is 0.942. The van der Waals surface area contributed by atoms with Gasteiger partial charge in [0.15, 0.2) is 0 Å². The Morgan fingerprint density at radius 2 is 2.16 bits per heavy atom. The first-order chi connectivity index (χ1) is 9.16. The van der Waals surface area contributed by atoms with Gasteiger partial charge in [0, 0.05) is 16.8 Å². The maximum absolute atomic E-state index is 12.6. The third-order valence-electron chi connectivity index (χ3n) is 3.04. The second-order valence-electron chi connectivity index (χ2n) is 4.48. The molecule has 98 valence electrons. The molecule has 0 spiro atoms. The molecule has 2 aromatic rings. The standard InChI is InChI=1S/C13H11Cl2N3O/c14-8-2-1-3-10(6-8)18(9-4-5-9)13(19)11-7-16-17-12(11)15/h1-3,6-7,9H,4-5H2,(H,16,17). The average molecular weight is 296 g/mol. The summed E-state index contributed by atoms with van der Waals surface area (Å²) < 4.78 is 0. The minimum Gasteiger partial charge on any atom is -0.305 e. The van der Waals surface area contributed by atoms with Crippen LogP contribution in [-0.4, -0.2) is 22.1 Å². The fraction of sp³-hybridized carbons (Fsp3) is 0.231. The van der Waals surface area contributed by atoms with E-state index in [4.69, 9.17) is 23.2 Å². The van der Waals surface area contributed by atoms with Crippen molar-refractivity contribution in [1.29, 1.82) is 0 Å². The van der Waals surface area contributed by atoms with Gasteiger partial charge < -0.3 is 4.90 Å². The van der Waals surface area contributed by atoms with Crippen molar-refractivity contribution in [3.8, 4) is 0 Å². The number of hydrogen-bond donors (Lipinski definition) is 1. The number of hydrogen-bond acceptors (Lipinski definition) is 2. The number of aromatic nitrogens is 2. The Labute approximate surface area is 120 Å². The maximum atomic E-state index is 12.6. The third-order valence-corrected chi connectivity index (χ3v) is 3.56. The number of rotatable bonds is 3. The molecule has 3 rings (SSSR count). The van der Waals surface area contributed by atoms with Crippen molar-refractivity contribution in [1.82, 2.24) is 10.2 Å². The molecule has 0 atom stereocenters. The number of nitrogens with zero attached hydrogens (tertiary/aromatic N) is 2. The summed E-state index contributed by atoms with van der Waals surface area (Å²) in [5, 5.41) is 7.22. The molecular weight excluding hydrogens is 285 g/mol. The molecule has 1 aliphatic rings. The van der Waals surface area contributed by atoms with E-state index >= 15 is 0 Å². The summed E-state index contributed by atoms with van der Waals surface area (Å²) in [6.07, 6.45) is 3.44. The van der Waals surface area contributed by atoms with Crippen LogP contribution < -0.4 is 4.90 Å². The van der Waals surface area contributed by atoms with Gasteiger partial charge in [0.2, 0.25) is 0 Å². The Balaban J connectivity index is 1.98. The number of carbonyl (C=O) groups is 1. The Morgan fingerprint density at radius 3 is 2.74 bits per heavy atom. The second-order valence-corrected chi connectivity index (χ2v) is 5.30. The lowest BCUT2D eigenvalue weighted by molar-refractivity contribution is 0.0985. The number of benzene rings is 1. The molecule has 1 aromatic carbocycles. The van der Waals surface area contributed by atoms with Crippen molar-refractivity contribution < 1.29 is 4.79 Å². The van der Waals surface area contributed by atoms with Crippen LogP contribution in [0.4, 0.5) is 5.69 Å². The molecule has 1 aromatic heterocycles. The van der Waals surface area contributed by atoms with Gasteiger partial charge in [0.1, 0.15) is 5.15 Å². The number of aromatic amines is 1. The molecule has 1 aliphatic carbocycles. The van der Waals surface area contributed by atoms with E-state index in [1.54, 1.807) is 17.0 Å². The number of carbonyl (C=O) groups excluding carboxylic acids is 1. The van der Waals surface area contributed by atoms with E-state index in [0.717, 1.165) is 18.5 Å². The van der Waals surface area contributed by atoms with Gasteiger partial charge in [-0.1, -0.05) is 29.3 Å². The lowest BCUT2D eigenvalue weighted by Crippen LogP contribution is -2.33. The van der Waals surface area contributed by atoms with Crippen LogP contribution in [0.3, 0.4) is 0 Å². The van der Waals surface area contributed by atoms with Crippen molar-refractivity contribution in [2.24, 2.45) is 0 Å². The van der Waals surface area contributed by atoms with Gasteiger partial charge in [-0.15, -0.1) is 0 Å². The summed E-state index contributed by atoms with van der Waals surface area (Å²) in [6, 6.07) is 7.49. The zero-order chi connectivity index (χ0) is 13.4. The van der Waals surface area contributed by atoms with Gasteiger partial charge in [-0.05, 0) is 31.0 Å². The van der Waals surface area contributed by atoms with Crippen LogP contribution in [0.25, 0.3) is 0 Å². The van der Waals surface area contributed by atoms with Crippen LogP contribution in [-0.2, 0) is 0 Å². The van der Waals surface area contributed by atoms with E-state index in [9.17, 15) is 4.79 Å². The lowest BCUT2D eigenvalue weighted by Gasteiger charge is -2.22. The first-order valence-corrected chi connectivity index (χ1v) is 6.70.